The van der Waals surface area contributed by atoms with Gasteiger partial charge < -0.3 is 14.8 Å². The molecule has 0 fully saturated rings. The van der Waals surface area contributed by atoms with Crippen LogP contribution in [-0.2, 0) is 10.2 Å². The summed E-state index contributed by atoms with van der Waals surface area (Å²) in [4.78, 5) is 17.1. The van der Waals surface area contributed by atoms with Crippen LogP contribution in [0.2, 0.25) is 0 Å². The maximum atomic E-state index is 12.9. The first-order chi connectivity index (χ1) is 14.9. The minimum absolute atomic E-state index is 0.0618. The fourth-order valence-corrected chi connectivity index (χ4v) is 3.44. The standard InChI is InChI=1S/C26H26N2O3/c1-26(2,3)20-8-6-18(7-9-20)22(19-5-4-12-27-17-19)16-25(29)28-21-10-11-23-24(15-21)31-14-13-30-23/h4-12,15-17H,13-14H2,1-3H3,(H,28,29). The molecule has 31 heavy (non-hydrogen) atoms. The fourth-order valence-electron chi connectivity index (χ4n) is 3.44. The first kappa shape index (κ1) is 20.7. The highest BCUT2D eigenvalue weighted by molar-refractivity contribution is 6.06. The second-order valence-electron chi connectivity index (χ2n) is 8.47. The third-order valence-corrected chi connectivity index (χ3v) is 5.12. The van der Waals surface area contributed by atoms with Crippen molar-refractivity contribution in [3.05, 3.63) is 89.8 Å². The molecule has 0 radical (unpaired) electrons. The Kier molecular flexibility index (Phi) is 5.76. The molecular weight excluding hydrogens is 388 g/mol. The zero-order valence-electron chi connectivity index (χ0n) is 18.0. The number of nitrogens with one attached hydrogen (secondary N) is 1. The van der Waals surface area contributed by atoms with Crippen molar-refractivity contribution in [1.29, 1.82) is 0 Å². The van der Waals surface area contributed by atoms with E-state index >= 15 is 0 Å². The number of amides is 1. The van der Waals surface area contributed by atoms with E-state index in [9.17, 15) is 4.79 Å². The molecule has 1 amide bonds. The van der Waals surface area contributed by atoms with Gasteiger partial charge in [-0.15, -0.1) is 0 Å². The molecule has 4 rings (SSSR count). The average Bonchev–Trinajstić information content (AvgIpc) is 2.77. The Balaban J connectivity index is 1.63. The van der Waals surface area contributed by atoms with E-state index in [-0.39, 0.29) is 11.3 Å². The molecule has 0 unspecified atom stereocenters. The number of hydrogen-bond donors (Lipinski definition) is 1. The van der Waals surface area contributed by atoms with Gasteiger partial charge in [0.15, 0.2) is 11.5 Å². The summed E-state index contributed by atoms with van der Waals surface area (Å²) in [6.07, 6.45) is 5.10. The number of hydrogen-bond acceptors (Lipinski definition) is 4. The Morgan fingerprint density at radius 1 is 0.968 bits per heavy atom. The van der Waals surface area contributed by atoms with Crippen molar-refractivity contribution in [2.75, 3.05) is 18.5 Å². The summed E-state index contributed by atoms with van der Waals surface area (Å²) >= 11 is 0. The molecule has 1 N–H and O–H groups in total. The number of rotatable bonds is 4. The predicted molar refractivity (Wildman–Crippen MR) is 123 cm³/mol. The number of pyridine rings is 1. The summed E-state index contributed by atoms with van der Waals surface area (Å²) in [5.41, 5.74) is 4.60. The molecule has 3 aromatic rings. The molecule has 158 valence electrons. The summed E-state index contributed by atoms with van der Waals surface area (Å²) in [5.74, 6) is 1.10. The summed E-state index contributed by atoms with van der Waals surface area (Å²) in [6.45, 7) is 7.58. The lowest BCUT2D eigenvalue weighted by Crippen LogP contribution is -2.16. The first-order valence-corrected chi connectivity index (χ1v) is 10.3. The van der Waals surface area contributed by atoms with Gasteiger partial charge in [-0.3, -0.25) is 9.78 Å². The van der Waals surface area contributed by atoms with Gasteiger partial charge >= 0.3 is 0 Å². The van der Waals surface area contributed by atoms with Crippen LogP contribution in [0, 0.1) is 0 Å². The highest BCUT2D eigenvalue weighted by atomic mass is 16.6. The fraction of sp³-hybridized carbons (Fsp3) is 0.231. The molecule has 0 aliphatic carbocycles. The van der Waals surface area contributed by atoms with Gasteiger partial charge in [0, 0.05) is 35.8 Å². The molecule has 2 heterocycles. The molecule has 5 heteroatoms. The molecule has 0 saturated carbocycles. The number of carbonyl (C=O) groups is 1. The van der Waals surface area contributed by atoms with Crippen molar-refractivity contribution < 1.29 is 14.3 Å². The maximum Gasteiger partial charge on any atom is 0.249 e. The van der Waals surface area contributed by atoms with Crippen LogP contribution in [0.15, 0.2) is 73.1 Å². The van der Waals surface area contributed by atoms with Crippen LogP contribution in [0.1, 0.15) is 37.5 Å². The van der Waals surface area contributed by atoms with Gasteiger partial charge in [0.1, 0.15) is 13.2 Å². The monoisotopic (exact) mass is 414 g/mol. The lowest BCUT2D eigenvalue weighted by molar-refractivity contribution is -0.111. The van der Waals surface area contributed by atoms with Crippen LogP contribution in [-0.4, -0.2) is 24.1 Å². The molecule has 2 aromatic carbocycles. The molecule has 1 aromatic heterocycles. The lowest BCUT2D eigenvalue weighted by atomic mass is 9.86. The smallest absolute Gasteiger partial charge is 0.249 e. The Morgan fingerprint density at radius 3 is 2.39 bits per heavy atom. The number of anilines is 1. The summed E-state index contributed by atoms with van der Waals surface area (Å²) in [6, 6.07) is 17.5. The highest BCUT2D eigenvalue weighted by Crippen LogP contribution is 2.33. The highest BCUT2D eigenvalue weighted by Gasteiger charge is 2.16. The number of fused-ring (bicyclic) bond motifs is 1. The van der Waals surface area contributed by atoms with Crippen LogP contribution < -0.4 is 14.8 Å². The third kappa shape index (κ3) is 4.94. The van der Waals surface area contributed by atoms with E-state index in [4.69, 9.17) is 9.47 Å². The largest absolute Gasteiger partial charge is 0.486 e. The van der Waals surface area contributed by atoms with E-state index in [1.54, 1.807) is 36.7 Å². The van der Waals surface area contributed by atoms with Gasteiger partial charge in [0.25, 0.3) is 0 Å². The lowest BCUT2D eigenvalue weighted by Gasteiger charge is -2.20. The van der Waals surface area contributed by atoms with E-state index < -0.39 is 0 Å². The van der Waals surface area contributed by atoms with Crippen molar-refractivity contribution in [3.8, 4) is 11.5 Å². The van der Waals surface area contributed by atoms with Crippen molar-refractivity contribution >= 4 is 17.2 Å². The van der Waals surface area contributed by atoms with Gasteiger partial charge in [-0.05, 0) is 40.3 Å². The normalized spacial score (nSPS) is 13.6. The Morgan fingerprint density at radius 2 is 1.71 bits per heavy atom. The molecular formula is C26H26N2O3. The van der Waals surface area contributed by atoms with Gasteiger partial charge in [0.2, 0.25) is 5.91 Å². The van der Waals surface area contributed by atoms with Crippen molar-refractivity contribution in [3.63, 3.8) is 0 Å². The van der Waals surface area contributed by atoms with Crippen molar-refractivity contribution in [2.45, 2.75) is 26.2 Å². The average molecular weight is 415 g/mol. The third-order valence-electron chi connectivity index (χ3n) is 5.12. The van der Waals surface area contributed by atoms with Crippen LogP contribution in [0.4, 0.5) is 5.69 Å². The molecule has 0 spiro atoms. The van der Waals surface area contributed by atoms with Crippen LogP contribution in [0.25, 0.3) is 5.57 Å². The minimum Gasteiger partial charge on any atom is -0.486 e. The van der Waals surface area contributed by atoms with E-state index in [1.165, 1.54) is 5.56 Å². The Labute approximate surface area is 182 Å². The van der Waals surface area contributed by atoms with Gasteiger partial charge in [0.05, 0.1) is 0 Å². The molecule has 1 aliphatic rings. The molecule has 0 saturated heterocycles. The summed E-state index contributed by atoms with van der Waals surface area (Å²) in [5, 5.41) is 2.93. The van der Waals surface area contributed by atoms with E-state index in [2.05, 4.69) is 55.3 Å². The van der Waals surface area contributed by atoms with Gasteiger partial charge in [-0.2, -0.15) is 0 Å². The van der Waals surface area contributed by atoms with Crippen LogP contribution in [0.5, 0.6) is 11.5 Å². The molecule has 1 aliphatic heterocycles. The summed E-state index contributed by atoms with van der Waals surface area (Å²) < 4.78 is 11.1. The number of carbonyl (C=O) groups excluding carboxylic acids is 1. The maximum absolute atomic E-state index is 12.9. The zero-order chi connectivity index (χ0) is 21.8. The number of nitrogens with zero attached hydrogens (tertiary/aromatic N) is 1. The molecule has 5 nitrogen and oxygen atoms in total. The Hall–Kier alpha value is -3.60. The van der Waals surface area contributed by atoms with Crippen LogP contribution >= 0.6 is 0 Å². The van der Waals surface area contributed by atoms with Crippen LogP contribution in [0.3, 0.4) is 0 Å². The number of benzene rings is 2. The zero-order valence-corrected chi connectivity index (χ0v) is 18.0. The van der Waals surface area contributed by atoms with Gasteiger partial charge in [-0.25, -0.2) is 0 Å². The van der Waals surface area contributed by atoms with E-state index in [0.717, 1.165) is 16.7 Å². The molecule has 0 atom stereocenters. The van der Waals surface area contributed by atoms with Crippen molar-refractivity contribution in [2.24, 2.45) is 0 Å². The second-order valence-corrected chi connectivity index (χ2v) is 8.47. The number of ether oxygens (including phenoxy) is 2. The topological polar surface area (TPSA) is 60.5 Å². The quantitative estimate of drug-likeness (QED) is 0.595. The SMILES string of the molecule is CC(C)(C)c1ccc(C(=CC(=O)Nc2ccc3c(c2)OCCO3)c2cccnc2)cc1. The minimum atomic E-state index is -0.226. The van der Waals surface area contributed by atoms with Gasteiger partial charge in [-0.1, -0.05) is 51.1 Å². The molecule has 0 bridgehead atoms. The Bertz CT molecular complexity index is 1100. The first-order valence-electron chi connectivity index (χ1n) is 10.3. The predicted octanol–water partition coefficient (Wildman–Crippen LogP) is 5.22. The second kappa shape index (κ2) is 8.64. The van der Waals surface area contributed by atoms with Crippen molar-refractivity contribution in [1.82, 2.24) is 4.98 Å². The number of aromatic nitrogens is 1. The van der Waals surface area contributed by atoms with E-state index in [0.29, 0.717) is 30.4 Å². The summed E-state index contributed by atoms with van der Waals surface area (Å²) in [7, 11) is 0. The van der Waals surface area contributed by atoms with E-state index in [1.807, 2.05) is 12.1 Å².